The second-order valence-electron chi connectivity index (χ2n) is 3.12. The SMILES string of the molecule is CCCCCCCCCC.[Cl-].[Cl-].[Mn+2]. The number of unbranched alkanes of at least 4 members (excludes halogenated alkanes) is 7. The molecule has 0 saturated carbocycles. The van der Waals surface area contributed by atoms with Crippen molar-refractivity contribution in [3.63, 3.8) is 0 Å². The van der Waals surface area contributed by atoms with E-state index in [1.165, 1.54) is 51.4 Å². The molecule has 0 aliphatic heterocycles. The molecule has 0 aliphatic rings. The minimum atomic E-state index is 0. The van der Waals surface area contributed by atoms with Crippen molar-refractivity contribution in [3.05, 3.63) is 0 Å². The number of hydrogen-bond donors (Lipinski definition) is 0. The summed E-state index contributed by atoms with van der Waals surface area (Å²) in [5.41, 5.74) is 0. The second kappa shape index (κ2) is 23.2. The van der Waals surface area contributed by atoms with Gasteiger partial charge in [-0.05, 0) is 0 Å². The molecule has 13 heavy (non-hydrogen) atoms. The normalized spacial score (nSPS) is 7.85. The summed E-state index contributed by atoms with van der Waals surface area (Å²) < 4.78 is 0. The maximum absolute atomic E-state index is 2.27. The first-order valence-electron chi connectivity index (χ1n) is 4.91. The zero-order chi connectivity index (χ0) is 7.66. The van der Waals surface area contributed by atoms with Crippen molar-refractivity contribution < 1.29 is 41.9 Å². The largest absolute Gasteiger partial charge is 2.00 e. The van der Waals surface area contributed by atoms with E-state index >= 15 is 0 Å². The molecule has 0 N–H and O–H groups in total. The summed E-state index contributed by atoms with van der Waals surface area (Å²) in [6.45, 7) is 4.54. The molecule has 0 fully saturated rings. The van der Waals surface area contributed by atoms with Crippen LogP contribution in [-0.2, 0) is 17.1 Å². The average molecular weight is 268 g/mol. The summed E-state index contributed by atoms with van der Waals surface area (Å²) in [6.07, 6.45) is 11.5. The first-order valence-corrected chi connectivity index (χ1v) is 4.91. The van der Waals surface area contributed by atoms with E-state index in [2.05, 4.69) is 13.8 Å². The molecule has 0 unspecified atom stereocenters. The molecule has 0 amide bonds. The molecular weight excluding hydrogens is 246 g/mol. The van der Waals surface area contributed by atoms with E-state index in [9.17, 15) is 0 Å². The smallest absolute Gasteiger partial charge is 1.00 e. The maximum atomic E-state index is 2.27. The van der Waals surface area contributed by atoms with Crippen LogP contribution in [0.25, 0.3) is 0 Å². The first-order chi connectivity index (χ1) is 4.91. The van der Waals surface area contributed by atoms with Crippen LogP contribution in [-0.4, -0.2) is 0 Å². The number of hydrogen-bond acceptors (Lipinski definition) is 0. The van der Waals surface area contributed by atoms with Crippen LogP contribution in [0.15, 0.2) is 0 Å². The van der Waals surface area contributed by atoms with Gasteiger partial charge in [-0.2, -0.15) is 0 Å². The molecule has 83 valence electrons. The third-order valence-electron chi connectivity index (χ3n) is 1.96. The fourth-order valence-electron chi connectivity index (χ4n) is 1.21. The molecule has 0 heterocycles. The second-order valence-corrected chi connectivity index (χ2v) is 3.12. The monoisotopic (exact) mass is 267 g/mol. The van der Waals surface area contributed by atoms with E-state index in [1.54, 1.807) is 0 Å². The molecule has 0 aliphatic carbocycles. The van der Waals surface area contributed by atoms with Crippen molar-refractivity contribution in [2.75, 3.05) is 0 Å². The molecular formula is C10H22Cl2Mn. The maximum Gasteiger partial charge on any atom is 2.00 e. The van der Waals surface area contributed by atoms with Gasteiger partial charge in [0.05, 0.1) is 0 Å². The van der Waals surface area contributed by atoms with Crippen LogP contribution in [0.4, 0.5) is 0 Å². The topological polar surface area (TPSA) is 0 Å². The van der Waals surface area contributed by atoms with Gasteiger partial charge in [-0.1, -0.05) is 65.2 Å². The van der Waals surface area contributed by atoms with Gasteiger partial charge in [0, 0.05) is 0 Å². The van der Waals surface area contributed by atoms with E-state index in [0.717, 1.165) is 0 Å². The Morgan fingerprint density at radius 3 is 1.00 bits per heavy atom. The Labute approximate surface area is 107 Å². The molecule has 1 radical (unpaired) electrons. The quantitative estimate of drug-likeness (QED) is 0.376. The molecule has 0 aromatic heterocycles. The summed E-state index contributed by atoms with van der Waals surface area (Å²) >= 11 is 0. The standard InChI is InChI=1S/C10H22.2ClH.Mn/c1-3-5-7-9-10-8-6-4-2;;;/h3-10H2,1-2H3;2*1H;/q;;;+2/p-2. The van der Waals surface area contributed by atoms with Gasteiger partial charge in [0.1, 0.15) is 0 Å². The van der Waals surface area contributed by atoms with Crippen molar-refractivity contribution in [1.29, 1.82) is 0 Å². The Balaban J connectivity index is -0.000000135. The Kier molecular flexibility index (Phi) is 42.3. The summed E-state index contributed by atoms with van der Waals surface area (Å²) in [4.78, 5) is 0. The molecule has 0 rings (SSSR count). The minimum absolute atomic E-state index is 0. The fourth-order valence-corrected chi connectivity index (χ4v) is 1.21. The third kappa shape index (κ3) is 24.6. The molecule has 0 bridgehead atoms. The fraction of sp³-hybridized carbons (Fsp3) is 1.00. The van der Waals surface area contributed by atoms with Crippen LogP contribution in [0.3, 0.4) is 0 Å². The van der Waals surface area contributed by atoms with E-state index < -0.39 is 0 Å². The predicted molar refractivity (Wildman–Crippen MR) is 48.3 cm³/mol. The van der Waals surface area contributed by atoms with Crippen molar-refractivity contribution in [2.24, 2.45) is 0 Å². The number of halogens is 2. The third-order valence-corrected chi connectivity index (χ3v) is 1.96. The average Bonchev–Trinajstić information content (AvgIpc) is 1.97. The van der Waals surface area contributed by atoms with E-state index in [-0.39, 0.29) is 41.9 Å². The van der Waals surface area contributed by atoms with Crippen molar-refractivity contribution in [2.45, 2.75) is 65.2 Å². The number of rotatable bonds is 7. The Hall–Kier alpha value is 1.10. The van der Waals surface area contributed by atoms with Gasteiger partial charge in [0.2, 0.25) is 0 Å². The Morgan fingerprint density at radius 2 is 0.769 bits per heavy atom. The minimum Gasteiger partial charge on any atom is -1.00 e. The molecule has 0 nitrogen and oxygen atoms in total. The zero-order valence-electron chi connectivity index (χ0n) is 8.79. The van der Waals surface area contributed by atoms with Crippen molar-refractivity contribution in [1.82, 2.24) is 0 Å². The van der Waals surface area contributed by atoms with Gasteiger partial charge in [0.25, 0.3) is 0 Å². The molecule has 3 heteroatoms. The van der Waals surface area contributed by atoms with Crippen LogP contribution in [0.1, 0.15) is 65.2 Å². The van der Waals surface area contributed by atoms with Crippen LogP contribution in [0.2, 0.25) is 0 Å². The first kappa shape index (κ1) is 23.7. The summed E-state index contributed by atoms with van der Waals surface area (Å²) in [7, 11) is 0. The molecule has 0 aromatic rings. The molecule has 0 aromatic carbocycles. The molecule has 0 atom stereocenters. The summed E-state index contributed by atoms with van der Waals surface area (Å²) in [5, 5.41) is 0. The molecule has 0 saturated heterocycles. The van der Waals surface area contributed by atoms with E-state index in [4.69, 9.17) is 0 Å². The van der Waals surface area contributed by atoms with Crippen LogP contribution in [0, 0.1) is 0 Å². The van der Waals surface area contributed by atoms with Crippen LogP contribution >= 0.6 is 0 Å². The van der Waals surface area contributed by atoms with Crippen LogP contribution < -0.4 is 24.8 Å². The summed E-state index contributed by atoms with van der Waals surface area (Å²) in [6, 6.07) is 0. The van der Waals surface area contributed by atoms with Crippen molar-refractivity contribution >= 4 is 0 Å². The van der Waals surface area contributed by atoms with Gasteiger partial charge >= 0.3 is 17.1 Å². The zero-order valence-corrected chi connectivity index (χ0v) is 11.5. The Morgan fingerprint density at radius 1 is 0.538 bits per heavy atom. The van der Waals surface area contributed by atoms with Gasteiger partial charge in [-0.15, -0.1) is 0 Å². The molecule has 0 spiro atoms. The predicted octanol–water partition coefficient (Wildman–Crippen LogP) is -1.85. The van der Waals surface area contributed by atoms with Crippen molar-refractivity contribution in [3.8, 4) is 0 Å². The van der Waals surface area contributed by atoms with E-state index in [1.807, 2.05) is 0 Å². The summed E-state index contributed by atoms with van der Waals surface area (Å²) in [5.74, 6) is 0. The Bertz CT molecular complexity index is 52.9. The van der Waals surface area contributed by atoms with Gasteiger partial charge in [0.15, 0.2) is 0 Å². The van der Waals surface area contributed by atoms with E-state index in [0.29, 0.717) is 0 Å². The van der Waals surface area contributed by atoms with Gasteiger partial charge in [-0.25, -0.2) is 0 Å². The van der Waals surface area contributed by atoms with Gasteiger partial charge < -0.3 is 24.8 Å². The van der Waals surface area contributed by atoms with Crippen LogP contribution in [0.5, 0.6) is 0 Å². The van der Waals surface area contributed by atoms with Gasteiger partial charge in [-0.3, -0.25) is 0 Å².